The largest absolute Gasteiger partial charge is 0.478 e. The number of nitrogens with zero attached hydrogens (tertiary/aromatic N) is 1. The van der Waals surface area contributed by atoms with Gasteiger partial charge in [-0.15, -0.1) is 6.58 Å². The molecule has 0 aliphatic rings. The van der Waals surface area contributed by atoms with Gasteiger partial charge in [-0.05, 0) is 30.5 Å². The average molecular weight is 276 g/mol. The van der Waals surface area contributed by atoms with E-state index in [-0.39, 0.29) is 11.6 Å². The number of benzene rings is 1. The quantitative estimate of drug-likeness (QED) is 0.594. The number of allylic oxidation sites excluding steroid dienone is 1. The van der Waals surface area contributed by atoms with Crippen molar-refractivity contribution in [1.82, 2.24) is 10.2 Å². The molecule has 0 aliphatic heterocycles. The number of rotatable bonds is 7. The minimum Gasteiger partial charge on any atom is -0.478 e. The maximum atomic E-state index is 11.8. The third-order valence-electron chi connectivity index (χ3n) is 2.89. The van der Waals surface area contributed by atoms with E-state index >= 15 is 0 Å². The molecule has 20 heavy (non-hydrogen) atoms. The highest BCUT2D eigenvalue weighted by Gasteiger charge is 2.07. The van der Waals surface area contributed by atoms with Crippen LogP contribution in [0.3, 0.4) is 0 Å². The van der Waals surface area contributed by atoms with Crippen LogP contribution in [0, 0.1) is 0 Å². The van der Waals surface area contributed by atoms with Crippen LogP contribution in [0.1, 0.15) is 28.8 Å². The van der Waals surface area contributed by atoms with E-state index in [1.54, 1.807) is 24.1 Å². The Hall–Kier alpha value is -2.30. The van der Waals surface area contributed by atoms with Crippen LogP contribution in [0.5, 0.6) is 0 Å². The Morgan fingerprint density at radius 3 is 2.55 bits per heavy atom. The topological polar surface area (TPSA) is 69.6 Å². The first kappa shape index (κ1) is 15.8. The van der Waals surface area contributed by atoms with E-state index in [1.165, 1.54) is 12.1 Å². The number of aromatic carboxylic acids is 1. The lowest BCUT2D eigenvalue weighted by Crippen LogP contribution is -2.37. The van der Waals surface area contributed by atoms with E-state index in [0.717, 1.165) is 18.4 Å². The maximum Gasteiger partial charge on any atom is 0.335 e. The summed E-state index contributed by atoms with van der Waals surface area (Å²) in [6, 6.07) is 6.30. The second kappa shape index (κ2) is 7.99. The second-order valence-corrected chi connectivity index (χ2v) is 4.51. The Morgan fingerprint density at radius 2 is 2.00 bits per heavy atom. The summed E-state index contributed by atoms with van der Waals surface area (Å²) in [7, 11) is 1.74. The maximum absolute atomic E-state index is 11.8. The molecule has 1 aromatic carbocycles. The van der Waals surface area contributed by atoms with Gasteiger partial charge in [-0.3, -0.25) is 0 Å². The highest BCUT2D eigenvalue weighted by atomic mass is 16.4. The van der Waals surface area contributed by atoms with Crippen molar-refractivity contribution in [1.29, 1.82) is 0 Å². The lowest BCUT2D eigenvalue weighted by atomic mass is 10.1. The fraction of sp³-hybridized carbons (Fsp3) is 0.333. The monoisotopic (exact) mass is 276 g/mol. The van der Waals surface area contributed by atoms with Crippen molar-refractivity contribution < 1.29 is 14.7 Å². The molecule has 0 radical (unpaired) electrons. The fourth-order valence-electron chi connectivity index (χ4n) is 1.65. The molecule has 1 rings (SSSR count). The molecule has 0 unspecified atom stereocenters. The van der Waals surface area contributed by atoms with Crippen LogP contribution in [-0.2, 0) is 6.54 Å². The zero-order valence-corrected chi connectivity index (χ0v) is 11.6. The number of carbonyl (C=O) groups is 2. The highest BCUT2D eigenvalue weighted by molar-refractivity contribution is 5.87. The minimum absolute atomic E-state index is 0.142. The number of carbonyl (C=O) groups excluding carboxylic acids is 1. The Kier molecular flexibility index (Phi) is 6.29. The van der Waals surface area contributed by atoms with Gasteiger partial charge in [0.25, 0.3) is 0 Å². The molecule has 5 nitrogen and oxygen atoms in total. The van der Waals surface area contributed by atoms with Gasteiger partial charge in [-0.1, -0.05) is 18.2 Å². The van der Waals surface area contributed by atoms with E-state index in [4.69, 9.17) is 5.11 Å². The van der Waals surface area contributed by atoms with Gasteiger partial charge in [-0.2, -0.15) is 0 Å². The standard InChI is InChI=1S/C15H20N2O3/c1-3-4-5-10-17(2)15(20)16-11-12-6-8-13(9-7-12)14(18)19/h3,6-9H,1,4-5,10-11H2,2H3,(H,16,20)(H,18,19). The third-order valence-corrected chi connectivity index (χ3v) is 2.89. The molecule has 108 valence electrons. The van der Waals surface area contributed by atoms with Crippen LogP contribution in [0.15, 0.2) is 36.9 Å². The summed E-state index contributed by atoms with van der Waals surface area (Å²) in [5.41, 5.74) is 1.10. The molecular weight excluding hydrogens is 256 g/mol. The zero-order valence-electron chi connectivity index (χ0n) is 11.6. The van der Waals surface area contributed by atoms with E-state index in [0.29, 0.717) is 13.1 Å². The summed E-state index contributed by atoms with van der Waals surface area (Å²) in [6.07, 6.45) is 3.60. The molecule has 5 heteroatoms. The van der Waals surface area contributed by atoms with Crippen molar-refractivity contribution >= 4 is 12.0 Å². The lowest BCUT2D eigenvalue weighted by molar-refractivity contribution is 0.0697. The predicted molar refractivity (Wildman–Crippen MR) is 77.7 cm³/mol. The Labute approximate surface area is 118 Å². The Bertz CT molecular complexity index is 469. The normalized spacial score (nSPS) is 9.85. The third kappa shape index (κ3) is 5.14. The summed E-state index contributed by atoms with van der Waals surface area (Å²) in [5, 5.41) is 11.6. The molecule has 0 atom stereocenters. The van der Waals surface area contributed by atoms with Crippen molar-refractivity contribution in [3.8, 4) is 0 Å². The molecule has 2 N–H and O–H groups in total. The van der Waals surface area contributed by atoms with Gasteiger partial charge in [0.15, 0.2) is 0 Å². The first-order valence-corrected chi connectivity index (χ1v) is 6.46. The number of hydrogen-bond donors (Lipinski definition) is 2. The average Bonchev–Trinajstić information content (AvgIpc) is 2.45. The van der Waals surface area contributed by atoms with Crippen molar-refractivity contribution in [2.75, 3.05) is 13.6 Å². The molecule has 0 saturated heterocycles. The number of urea groups is 1. The minimum atomic E-state index is -0.956. The number of carboxylic acid groups (broad SMARTS) is 1. The van der Waals surface area contributed by atoms with Gasteiger partial charge >= 0.3 is 12.0 Å². The van der Waals surface area contributed by atoms with Crippen molar-refractivity contribution in [3.05, 3.63) is 48.0 Å². The van der Waals surface area contributed by atoms with Gasteiger partial charge in [0, 0.05) is 20.1 Å². The number of hydrogen-bond acceptors (Lipinski definition) is 2. The van der Waals surface area contributed by atoms with Crippen LogP contribution in [0.4, 0.5) is 4.79 Å². The number of carboxylic acids is 1. The van der Waals surface area contributed by atoms with E-state index < -0.39 is 5.97 Å². The van der Waals surface area contributed by atoms with Crippen molar-refractivity contribution in [2.24, 2.45) is 0 Å². The van der Waals surface area contributed by atoms with Gasteiger partial charge < -0.3 is 15.3 Å². The van der Waals surface area contributed by atoms with Crippen LogP contribution in [-0.4, -0.2) is 35.6 Å². The molecule has 0 spiro atoms. The van der Waals surface area contributed by atoms with Gasteiger partial charge in [0.05, 0.1) is 5.56 Å². The van der Waals surface area contributed by atoms with Crippen LogP contribution in [0.2, 0.25) is 0 Å². The number of amides is 2. The fourth-order valence-corrected chi connectivity index (χ4v) is 1.65. The molecule has 0 aromatic heterocycles. The Morgan fingerprint density at radius 1 is 1.35 bits per heavy atom. The van der Waals surface area contributed by atoms with Crippen LogP contribution < -0.4 is 5.32 Å². The molecule has 0 aliphatic carbocycles. The lowest BCUT2D eigenvalue weighted by Gasteiger charge is -2.17. The van der Waals surface area contributed by atoms with E-state index in [9.17, 15) is 9.59 Å². The van der Waals surface area contributed by atoms with E-state index in [1.807, 2.05) is 6.08 Å². The molecule has 0 fully saturated rings. The van der Waals surface area contributed by atoms with Crippen molar-refractivity contribution in [2.45, 2.75) is 19.4 Å². The first-order valence-electron chi connectivity index (χ1n) is 6.46. The molecule has 0 heterocycles. The van der Waals surface area contributed by atoms with Gasteiger partial charge in [0.2, 0.25) is 0 Å². The molecule has 0 saturated carbocycles. The molecule has 1 aromatic rings. The molecule has 0 bridgehead atoms. The summed E-state index contributed by atoms with van der Waals surface area (Å²) in [4.78, 5) is 24.1. The van der Waals surface area contributed by atoms with Crippen molar-refractivity contribution in [3.63, 3.8) is 0 Å². The first-order chi connectivity index (χ1) is 9.54. The van der Waals surface area contributed by atoms with Crippen LogP contribution in [0.25, 0.3) is 0 Å². The summed E-state index contributed by atoms with van der Waals surface area (Å²) >= 11 is 0. The summed E-state index contributed by atoms with van der Waals surface area (Å²) in [5.74, 6) is -0.956. The molecular formula is C15H20N2O3. The second-order valence-electron chi connectivity index (χ2n) is 4.51. The summed E-state index contributed by atoms with van der Waals surface area (Å²) in [6.45, 7) is 4.69. The smallest absolute Gasteiger partial charge is 0.335 e. The molecule has 2 amide bonds. The highest BCUT2D eigenvalue weighted by Crippen LogP contribution is 2.04. The van der Waals surface area contributed by atoms with E-state index in [2.05, 4.69) is 11.9 Å². The van der Waals surface area contributed by atoms with Gasteiger partial charge in [0.1, 0.15) is 0 Å². The summed E-state index contributed by atoms with van der Waals surface area (Å²) < 4.78 is 0. The van der Waals surface area contributed by atoms with Gasteiger partial charge in [-0.25, -0.2) is 9.59 Å². The van der Waals surface area contributed by atoms with Crippen LogP contribution >= 0.6 is 0 Å². The zero-order chi connectivity index (χ0) is 15.0. The number of unbranched alkanes of at least 4 members (excludes halogenated alkanes) is 1. The number of nitrogens with one attached hydrogen (secondary N) is 1. The Balaban J connectivity index is 2.40. The predicted octanol–water partition coefficient (Wildman–Crippen LogP) is 2.49. The SMILES string of the molecule is C=CCCCN(C)C(=O)NCc1ccc(C(=O)O)cc1.